The van der Waals surface area contributed by atoms with E-state index in [1.807, 2.05) is 13.2 Å². The fraction of sp³-hybridized carbons (Fsp3) is 0.727. The highest BCUT2D eigenvalue weighted by Crippen LogP contribution is 2.17. The molecule has 1 aliphatic rings. The molecular formula is C11H22N4S. The van der Waals surface area contributed by atoms with Crippen molar-refractivity contribution in [1.82, 2.24) is 15.5 Å². The molecule has 1 aliphatic heterocycles. The largest absolute Gasteiger partial charge is 0.314 e. The van der Waals surface area contributed by atoms with Crippen LogP contribution in [0.15, 0.2) is 16.1 Å². The van der Waals surface area contributed by atoms with E-state index in [1.165, 1.54) is 4.91 Å². The van der Waals surface area contributed by atoms with Crippen molar-refractivity contribution >= 4 is 18.5 Å². The first-order valence-electron chi connectivity index (χ1n) is 5.65. The smallest absolute Gasteiger partial charge is 0.0461 e. The standard InChI is InChI=1S/C11H22N4S/c1-10-6-14-4-5-15(10)8-11(7-12-2)16-9-13-3/h7,10,13-14H,2,4-6,8-9H2,1,3H3/b11-7-. The Labute approximate surface area is 103 Å². The molecule has 5 heteroatoms. The van der Waals surface area contributed by atoms with E-state index >= 15 is 0 Å². The number of hydrogen-bond donors (Lipinski definition) is 2. The Bertz CT molecular complexity index is 242. The molecule has 0 saturated carbocycles. The predicted octanol–water partition coefficient (Wildman–Crippen LogP) is 0.732. The number of nitrogens with zero attached hydrogens (tertiary/aromatic N) is 2. The molecule has 1 fully saturated rings. The van der Waals surface area contributed by atoms with Crippen molar-refractivity contribution in [2.24, 2.45) is 4.99 Å². The van der Waals surface area contributed by atoms with E-state index in [-0.39, 0.29) is 0 Å². The van der Waals surface area contributed by atoms with Gasteiger partial charge in [0.1, 0.15) is 0 Å². The SMILES string of the molecule is C=N/C=C(/CN1CCNCC1C)SCNC. The van der Waals surface area contributed by atoms with Crippen LogP contribution in [0.2, 0.25) is 0 Å². The van der Waals surface area contributed by atoms with Crippen LogP contribution in [0.1, 0.15) is 6.92 Å². The highest BCUT2D eigenvalue weighted by molar-refractivity contribution is 8.03. The number of thioether (sulfide) groups is 1. The van der Waals surface area contributed by atoms with Crippen LogP contribution in [-0.4, -0.2) is 56.8 Å². The lowest BCUT2D eigenvalue weighted by molar-refractivity contribution is 0.191. The van der Waals surface area contributed by atoms with Gasteiger partial charge in [-0.25, -0.2) is 0 Å². The van der Waals surface area contributed by atoms with Crippen LogP contribution in [0, 0.1) is 0 Å². The molecule has 1 saturated heterocycles. The van der Waals surface area contributed by atoms with E-state index in [1.54, 1.807) is 11.8 Å². The zero-order chi connectivity index (χ0) is 11.8. The van der Waals surface area contributed by atoms with Gasteiger partial charge in [0.05, 0.1) is 0 Å². The minimum atomic E-state index is 0.595. The van der Waals surface area contributed by atoms with Crippen LogP contribution < -0.4 is 10.6 Å². The number of rotatable bonds is 6. The zero-order valence-electron chi connectivity index (χ0n) is 10.2. The number of aliphatic imine (C=N–C) groups is 1. The lowest BCUT2D eigenvalue weighted by Gasteiger charge is -2.34. The predicted molar refractivity (Wildman–Crippen MR) is 73.1 cm³/mol. The van der Waals surface area contributed by atoms with Crippen molar-refractivity contribution in [1.29, 1.82) is 0 Å². The van der Waals surface area contributed by atoms with E-state index in [0.717, 1.165) is 32.1 Å². The van der Waals surface area contributed by atoms with Crippen LogP contribution in [0.3, 0.4) is 0 Å². The Kier molecular flexibility index (Phi) is 6.71. The van der Waals surface area contributed by atoms with Gasteiger partial charge in [0.15, 0.2) is 0 Å². The molecule has 1 atom stereocenters. The van der Waals surface area contributed by atoms with Gasteiger partial charge in [0, 0.05) is 49.2 Å². The first-order valence-corrected chi connectivity index (χ1v) is 6.63. The maximum atomic E-state index is 3.88. The van der Waals surface area contributed by atoms with Crippen molar-refractivity contribution in [2.75, 3.05) is 39.1 Å². The zero-order valence-corrected chi connectivity index (χ0v) is 11.0. The van der Waals surface area contributed by atoms with Gasteiger partial charge in [-0.15, -0.1) is 11.8 Å². The molecule has 1 heterocycles. The summed E-state index contributed by atoms with van der Waals surface area (Å²) in [4.78, 5) is 7.63. The third kappa shape index (κ3) is 4.65. The Morgan fingerprint density at radius 1 is 1.75 bits per heavy atom. The quantitative estimate of drug-likeness (QED) is 0.532. The van der Waals surface area contributed by atoms with Crippen molar-refractivity contribution in [3.05, 3.63) is 11.1 Å². The lowest BCUT2D eigenvalue weighted by atomic mass is 10.2. The average Bonchev–Trinajstić information content (AvgIpc) is 2.29. The second kappa shape index (κ2) is 7.84. The molecule has 0 amide bonds. The maximum Gasteiger partial charge on any atom is 0.0461 e. The summed E-state index contributed by atoms with van der Waals surface area (Å²) in [5, 5.41) is 6.53. The molecule has 0 aromatic heterocycles. The summed E-state index contributed by atoms with van der Waals surface area (Å²) < 4.78 is 0. The second-order valence-electron chi connectivity index (χ2n) is 3.94. The van der Waals surface area contributed by atoms with E-state index in [0.29, 0.717) is 6.04 Å². The highest BCUT2D eigenvalue weighted by atomic mass is 32.2. The van der Waals surface area contributed by atoms with E-state index in [4.69, 9.17) is 0 Å². The number of nitrogens with one attached hydrogen (secondary N) is 2. The number of hydrogen-bond acceptors (Lipinski definition) is 5. The highest BCUT2D eigenvalue weighted by Gasteiger charge is 2.18. The second-order valence-corrected chi connectivity index (χ2v) is 5.05. The summed E-state index contributed by atoms with van der Waals surface area (Å²) in [7, 11) is 1.96. The molecule has 0 spiro atoms. The van der Waals surface area contributed by atoms with Gasteiger partial charge >= 0.3 is 0 Å². The van der Waals surface area contributed by atoms with Crippen LogP contribution in [0.25, 0.3) is 0 Å². The molecule has 0 aromatic carbocycles. The topological polar surface area (TPSA) is 39.7 Å². The molecule has 0 aliphatic carbocycles. The maximum absolute atomic E-state index is 3.88. The van der Waals surface area contributed by atoms with Gasteiger partial charge in [-0.05, 0) is 20.7 Å². The van der Waals surface area contributed by atoms with Crippen molar-refractivity contribution in [3.63, 3.8) is 0 Å². The molecule has 2 N–H and O–H groups in total. The molecule has 0 aromatic rings. The average molecular weight is 242 g/mol. The van der Waals surface area contributed by atoms with Gasteiger partial charge in [0.25, 0.3) is 0 Å². The molecule has 1 unspecified atom stereocenters. The Morgan fingerprint density at radius 2 is 2.56 bits per heavy atom. The van der Waals surface area contributed by atoms with Gasteiger partial charge in [-0.3, -0.25) is 9.89 Å². The third-order valence-corrected chi connectivity index (χ3v) is 3.67. The summed E-state index contributed by atoms with van der Waals surface area (Å²) in [6.07, 6.45) is 1.87. The van der Waals surface area contributed by atoms with Gasteiger partial charge in [0.2, 0.25) is 0 Å². The molecule has 0 radical (unpaired) electrons. The molecular weight excluding hydrogens is 220 g/mol. The van der Waals surface area contributed by atoms with Crippen molar-refractivity contribution in [2.45, 2.75) is 13.0 Å². The van der Waals surface area contributed by atoms with Gasteiger partial charge in [-0.2, -0.15) is 0 Å². The fourth-order valence-corrected chi connectivity index (χ4v) is 2.44. The first kappa shape index (κ1) is 13.7. The van der Waals surface area contributed by atoms with Crippen molar-refractivity contribution < 1.29 is 0 Å². The molecule has 4 nitrogen and oxygen atoms in total. The van der Waals surface area contributed by atoms with E-state index in [2.05, 4.69) is 34.2 Å². The van der Waals surface area contributed by atoms with Crippen LogP contribution in [0.5, 0.6) is 0 Å². The van der Waals surface area contributed by atoms with Gasteiger partial charge < -0.3 is 10.6 Å². The summed E-state index contributed by atoms with van der Waals surface area (Å²) in [6, 6.07) is 0.595. The minimum Gasteiger partial charge on any atom is -0.314 e. The third-order valence-electron chi connectivity index (χ3n) is 2.63. The molecule has 16 heavy (non-hydrogen) atoms. The summed E-state index contributed by atoms with van der Waals surface area (Å²) in [5.74, 6) is 0.918. The summed E-state index contributed by atoms with van der Waals surface area (Å²) in [5.41, 5.74) is 0. The van der Waals surface area contributed by atoms with Crippen molar-refractivity contribution in [3.8, 4) is 0 Å². The van der Waals surface area contributed by atoms with Gasteiger partial charge in [-0.1, -0.05) is 0 Å². The lowest BCUT2D eigenvalue weighted by Crippen LogP contribution is -2.50. The Balaban J connectivity index is 2.46. The summed E-state index contributed by atoms with van der Waals surface area (Å²) >= 11 is 1.80. The Morgan fingerprint density at radius 3 is 3.19 bits per heavy atom. The Hall–Kier alpha value is -0.360. The van der Waals surface area contributed by atoms with Crippen LogP contribution >= 0.6 is 11.8 Å². The summed E-state index contributed by atoms with van der Waals surface area (Å²) in [6.45, 7) is 10.0. The molecule has 0 bridgehead atoms. The minimum absolute atomic E-state index is 0.595. The molecule has 1 rings (SSSR count). The van der Waals surface area contributed by atoms with Crippen LogP contribution in [-0.2, 0) is 0 Å². The van der Waals surface area contributed by atoms with E-state index in [9.17, 15) is 0 Å². The monoisotopic (exact) mass is 242 g/mol. The number of piperazine rings is 1. The fourth-order valence-electron chi connectivity index (χ4n) is 1.71. The molecule has 92 valence electrons. The van der Waals surface area contributed by atoms with E-state index < -0.39 is 0 Å². The normalized spacial score (nSPS) is 23.4. The van der Waals surface area contributed by atoms with Crippen LogP contribution in [0.4, 0.5) is 0 Å². The first-order chi connectivity index (χ1) is 7.77.